The van der Waals surface area contributed by atoms with Crippen molar-refractivity contribution in [2.24, 2.45) is 0 Å². The Hall–Kier alpha value is -3.39. The summed E-state index contributed by atoms with van der Waals surface area (Å²) < 4.78 is 60.4. The van der Waals surface area contributed by atoms with Crippen LogP contribution in [0.4, 0.5) is 24.7 Å². The van der Waals surface area contributed by atoms with Crippen LogP contribution >= 0.6 is 0 Å². The molecule has 1 aromatic heterocycles. The van der Waals surface area contributed by atoms with Crippen LogP contribution in [-0.4, -0.2) is 81.2 Å². The quantitative estimate of drug-likeness (QED) is 0.412. The molecule has 228 valence electrons. The van der Waals surface area contributed by atoms with Crippen LogP contribution in [0.25, 0.3) is 0 Å². The second-order valence-corrected chi connectivity index (χ2v) is 12.3. The number of nitrogens with zero attached hydrogens (tertiary/aromatic N) is 3. The summed E-state index contributed by atoms with van der Waals surface area (Å²) in [4.78, 5) is 30.6. The zero-order chi connectivity index (χ0) is 31.0. The van der Waals surface area contributed by atoms with Crippen molar-refractivity contribution >= 4 is 33.4 Å². The lowest BCUT2D eigenvalue weighted by Gasteiger charge is -2.30. The number of anilines is 2. The first-order chi connectivity index (χ1) is 19.0. The van der Waals surface area contributed by atoms with Crippen molar-refractivity contribution in [2.75, 3.05) is 49.4 Å². The average molecular weight is 602 g/mol. The highest BCUT2D eigenvalue weighted by Gasteiger charge is 2.38. The monoisotopic (exact) mass is 601 g/mol. The van der Waals surface area contributed by atoms with E-state index in [4.69, 9.17) is 9.90 Å². The predicted octanol–water partition coefficient (Wildman–Crippen LogP) is 4.09. The number of hydrogen-bond acceptors (Lipinski definition) is 7. The zero-order valence-corrected chi connectivity index (χ0v) is 24.7. The van der Waals surface area contributed by atoms with Crippen molar-refractivity contribution in [3.8, 4) is 0 Å². The fourth-order valence-corrected chi connectivity index (χ4v) is 4.88. The molecular formula is C27H38F3N5O5S. The van der Waals surface area contributed by atoms with Crippen LogP contribution in [-0.2, 0) is 20.2 Å². The van der Waals surface area contributed by atoms with Crippen LogP contribution in [0.2, 0.25) is 0 Å². The molecule has 1 saturated heterocycles. The highest BCUT2D eigenvalue weighted by atomic mass is 32.2. The third-order valence-electron chi connectivity index (χ3n) is 6.23. The highest BCUT2D eigenvalue weighted by Crippen LogP contribution is 2.27. The summed E-state index contributed by atoms with van der Waals surface area (Å²) in [5, 5.41) is 10.4. The van der Waals surface area contributed by atoms with Crippen molar-refractivity contribution in [1.29, 1.82) is 0 Å². The van der Waals surface area contributed by atoms with E-state index in [0.29, 0.717) is 17.9 Å². The number of unbranched alkanes of at least 4 members (excludes halogenated alkanes) is 1. The van der Waals surface area contributed by atoms with Crippen molar-refractivity contribution in [3.05, 3.63) is 47.7 Å². The largest absolute Gasteiger partial charge is 0.490 e. The van der Waals surface area contributed by atoms with Crippen molar-refractivity contribution < 1.29 is 36.3 Å². The molecule has 0 saturated carbocycles. The Morgan fingerprint density at radius 1 is 1.12 bits per heavy atom. The van der Waals surface area contributed by atoms with Crippen LogP contribution in [0.3, 0.4) is 0 Å². The minimum atomic E-state index is -5.08. The van der Waals surface area contributed by atoms with E-state index in [-0.39, 0.29) is 21.9 Å². The number of pyridine rings is 1. The summed E-state index contributed by atoms with van der Waals surface area (Å²) in [7, 11) is -2.06. The summed E-state index contributed by atoms with van der Waals surface area (Å²) in [5.41, 5.74) is 1.66. The Morgan fingerprint density at radius 2 is 1.68 bits per heavy atom. The van der Waals surface area contributed by atoms with E-state index in [0.717, 1.165) is 44.6 Å². The number of aromatic nitrogens is 1. The third-order valence-corrected chi connectivity index (χ3v) is 7.63. The molecule has 2 aromatic rings. The number of amides is 1. The van der Waals surface area contributed by atoms with E-state index in [1.54, 1.807) is 30.1 Å². The van der Waals surface area contributed by atoms with Gasteiger partial charge in [0, 0.05) is 39.8 Å². The number of aliphatic carboxylic acids is 1. The molecule has 0 aliphatic carbocycles. The van der Waals surface area contributed by atoms with Crippen molar-refractivity contribution in [3.63, 3.8) is 0 Å². The fourth-order valence-electron chi connectivity index (χ4n) is 3.85. The summed E-state index contributed by atoms with van der Waals surface area (Å²) >= 11 is 0. The molecule has 41 heavy (non-hydrogen) atoms. The molecule has 3 rings (SSSR count). The summed E-state index contributed by atoms with van der Waals surface area (Å²) in [5.74, 6) is -2.33. The molecule has 1 aromatic carbocycles. The zero-order valence-electron chi connectivity index (χ0n) is 23.9. The van der Waals surface area contributed by atoms with Crippen LogP contribution in [0.15, 0.2) is 41.4 Å². The number of rotatable bonds is 8. The molecule has 14 heteroatoms. The molecule has 3 N–H and O–H groups in total. The van der Waals surface area contributed by atoms with E-state index < -0.39 is 22.2 Å². The Labute approximate surface area is 239 Å². The number of carbonyl (C=O) groups is 2. The van der Waals surface area contributed by atoms with E-state index in [1.807, 2.05) is 12.1 Å². The molecular weight excluding hydrogens is 563 g/mol. The molecule has 0 unspecified atom stereocenters. The van der Waals surface area contributed by atoms with Gasteiger partial charge in [-0.1, -0.05) is 46.2 Å². The molecule has 0 spiro atoms. The van der Waals surface area contributed by atoms with Gasteiger partial charge in [0.25, 0.3) is 15.9 Å². The van der Waals surface area contributed by atoms with Gasteiger partial charge in [0.1, 0.15) is 5.82 Å². The molecule has 0 bridgehead atoms. The number of carboxylic acid groups (broad SMARTS) is 1. The fraction of sp³-hybridized carbons (Fsp3) is 0.519. The lowest BCUT2D eigenvalue weighted by molar-refractivity contribution is -0.192. The summed E-state index contributed by atoms with van der Waals surface area (Å²) in [6.45, 7) is 12.0. The first-order valence-electron chi connectivity index (χ1n) is 13.1. The smallest absolute Gasteiger partial charge is 0.475 e. The molecule has 1 fully saturated rings. The predicted molar refractivity (Wildman–Crippen MR) is 151 cm³/mol. The van der Waals surface area contributed by atoms with Gasteiger partial charge in [-0.15, -0.1) is 0 Å². The van der Waals surface area contributed by atoms with E-state index >= 15 is 0 Å². The van der Waals surface area contributed by atoms with Crippen LogP contribution in [0, 0.1) is 0 Å². The van der Waals surface area contributed by atoms with Gasteiger partial charge in [-0.25, -0.2) is 18.2 Å². The van der Waals surface area contributed by atoms with Gasteiger partial charge in [0.15, 0.2) is 0 Å². The number of halogens is 3. The number of alkyl halides is 3. The third kappa shape index (κ3) is 9.88. The molecule has 2 heterocycles. The van der Waals surface area contributed by atoms with Crippen LogP contribution in [0.5, 0.6) is 0 Å². The summed E-state index contributed by atoms with van der Waals surface area (Å²) in [6.07, 6.45) is -1.72. The van der Waals surface area contributed by atoms with Gasteiger partial charge in [0.05, 0.1) is 22.3 Å². The number of benzene rings is 1. The molecule has 1 aliphatic rings. The standard InChI is InChI=1S/C25H37N5O3S.C2HF3O2/c1-6-7-14-29(5)24(31)22-17-20(18-27-23(22)30-15-12-26-13-16-30)28-34(32,33)21-10-8-19(9-11-21)25(2,3)4;3-2(4,5)1(6)7/h8-11,17-18,26,28H,6-7,12-16H2,1-5H3;(H,6,7). The van der Waals surface area contributed by atoms with Crippen LogP contribution < -0.4 is 14.9 Å². The number of carbonyl (C=O) groups excluding carboxylic acids is 1. The molecule has 10 nitrogen and oxygen atoms in total. The minimum absolute atomic E-state index is 0.0709. The second-order valence-electron chi connectivity index (χ2n) is 10.6. The maximum Gasteiger partial charge on any atom is 0.490 e. The number of sulfonamides is 1. The van der Waals surface area contributed by atoms with E-state index in [2.05, 4.69) is 47.6 Å². The van der Waals surface area contributed by atoms with Gasteiger partial charge in [-0.3, -0.25) is 9.52 Å². The Bertz CT molecular complexity index is 1290. The van der Waals surface area contributed by atoms with E-state index in [9.17, 15) is 26.4 Å². The topological polar surface area (TPSA) is 132 Å². The van der Waals surface area contributed by atoms with E-state index in [1.165, 1.54) is 6.20 Å². The number of nitrogens with one attached hydrogen (secondary N) is 2. The lowest BCUT2D eigenvalue weighted by atomic mass is 9.87. The first-order valence-corrected chi connectivity index (χ1v) is 14.6. The average Bonchev–Trinajstić information content (AvgIpc) is 2.91. The van der Waals surface area contributed by atoms with Gasteiger partial charge in [-0.05, 0) is 35.6 Å². The van der Waals surface area contributed by atoms with Crippen molar-refractivity contribution in [1.82, 2.24) is 15.2 Å². The molecule has 1 aliphatic heterocycles. The van der Waals surface area contributed by atoms with Gasteiger partial charge in [-0.2, -0.15) is 13.2 Å². The molecule has 0 radical (unpaired) electrons. The lowest BCUT2D eigenvalue weighted by Crippen LogP contribution is -2.45. The van der Waals surface area contributed by atoms with Gasteiger partial charge in [0.2, 0.25) is 0 Å². The van der Waals surface area contributed by atoms with Gasteiger partial charge >= 0.3 is 12.1 Å². The number of piperazine rings is 1. The highest BCUT2D eigenvalue weighted by molar-refractivity contribution is 7.92. The second kappa shape index (κ2) is 14.0. The summed E-state index contributed by atoms with van der Waals surface area (Å²) in [6, 6.07) is 8.48. The number of carboxylic acids is 1. The Balaban J connectivity index is 0.000000745. The van der Waals surface area contributed by atoms with Gasteiger partial charge < -0.3 is 20.2 Å². The first kappa shape index (κ1) is 33.8. The molecule has 1 amide bonds. The maximum absolute atomic E-state index is 13.3. The van der Waals surface area contributed by atoms with Crippen LogP contribution in [0.1, 0.15) is 56.5 Å². The maximum atomic E-state index is 13.3. The molecule has 0 atom stereocenters. The Kier molecular flexibility index (Phi) is 11.5. The number of hydrogen-bond donors (Lipinski definition) is 3. The van der Waals surface area contributed by atoms with Crippen molar-refractivity contribution in [2.45, 2.75) is 57.0 Å². The SMILES string of the molecule is CCCCN(C)C(=O)c1cc(NS(=O)(=O)c2ccc(C(C)(C)C)cc2)cnc1N1CCNCC1.O=C(O)C(F)(F)F. The normalized spacial score (nSPS) is 14.1. The Morgan fingerprint density at radius 3 is 2.17 bits per heavy atom. The minimum Gasteiger partial charge on any atom is -0.475 e.